The first-order valence-corrected chi connectivity index (χ1v) is 6.06. The van der Waals surface area contributed by atoms with Gasteiger partial charge in [0.2, 0.25) is 5.79 Å². The molecule has 0 rings (SSSR count). The molecular weight excluding hydrogens is 232 g/mol. The van der Waals surface area contributed by atoms with Crippen LogP contribution < -0.4 is 0 Å². The molecule has 0 aliphatic rings. The van der Waals surface area contributed by atoms with Crippen molar-refractivity contribution in [3.05, 3.63) is 0 Å². The van der Waals surface area contributed by atoms with Crippen molar-refractivity contribution in [1.29, 1.82) is 0 Å². The monoisotopic (exact) mass is 252 g/mol. The number of hydrogen-bond acceptors (Lipinski definition) is 6. The van der Waals surface area contributed by atoms with Crippen LogP contribution in [0.4, 0.5) is 4.79 Å². The Kier molecular flexibility index (Phi) is 6.14. The normalized spacial score (nSPS) is 15.4. The molecule has 0 aromatic rings. The van der Waals surface area contributed by atoms with Crippen LogP contribution in [0.5, 0.6) is 0 Å². The first kappa shape index (κ1) is 15.5. The second-order valence-corrected chi connectivity index (χ2v) is 4.79. The highest BCUT2D eigenvalue weighted by atomic mass is 32.2. The minimum atomic E-state index is -1.53. The first-order valence-electron chi connectivity index (χ1n) is 5.32. The van der Waals surface area contributed by atoms with Gasteiger partial charge in [-0.2, -0.15) is 0 Å². The number of rotatable bonds is 6. The molecule has 0 aromatic heterocycles. The van der Waals surface area contributed by atoms with Crippen LogP contribution in [0, 0.1) is 0 Å². The molecular formula is C10H20O5S. The van der Waals surface area contributed by atoms with E-state index in [0.717, 1.165) is 0 Å². The molecule has 0 fully saturated rings. The lowest BCUT2D eigenvalue weighted by atomic mass is 10.2. The summed E-state index contributed by atoms with van der Waals surface area (Å²) < 4.78 is 9.31. The Bertz CT molecular complexity index is 225. The van der Waals surface area contributed by atoms with Gasteiger partial charge in [0.25, 0.3) is 0 Å². The quantitative estimate of drug-likeness (QED) is 0.429. The predicted molar refractivity (Wildman–Crippen MR) is 61.6 cm³/mol. The van der Waals surface area contributed by atoms with Crippen molar-refractivity contribution < 1.29 is 23.9 Å². The molecule has 0 spiro atoms. The van der Waals surface area contributed by atoms with Crippen LogP contribution in [0.15, 0.2) is 0 Å². The maximum atomic E-state index is 11.2. The summed E-state index contributed by atoms with van der Waals surface area (Å²) in [6, 6.07) is 0. The fourth-order valence-corrected chi connectivity index (χ4v) is 1.24. The maximum absolute atomic E-state index is 11.2. The van der Waals surface area contributed by atoms with Crippen molar-refractivity contribution in [3.8, 4) is 0 Å². The van der Waals surface area contributed by atoms with Gasteiger partial charge in [0.15, 0.2) is 0 Å². The summed E-state index contributed by atoms with van der Waals surface area (Å²) in [5.74, 6) is -1.53. The lowest BCUT2D eigenvalue weighted by Gasteiger charge is -2.24. The zero-order valence-corrected chi connectivity index (χ0v) is 11.0. The largest absolute Gasteiger partial charge is 0.523 e. The lowest BCUT2D eigenvalue weighted by Crippen LogP contribution is -2.31. The Hall–Kier alpha value is -0.460. The van der Waals surface area contributed by atoms with E-state index in [1.165, 1.54) is 6.92 Å². The molecule has 0 saturated carbocycles. The zero-order chi connectivity index (χ0) is 12.8. The summed E-state index contributed by atoms with van der Waals surface area (Å²) in [7, 11) is 0. The molecule has 0 radical (unpaired) electrons. The Morgan fingerprint density at radius 2 is 1.69 bits per heavy atom. The molecule has 0 aliphatic heterocycles. The van der Waals surface area contributed by atoms with Crippen LogP contribution in [-0.2, 0) is 8.92 Å². The topological polar surface area (TPSA) is 76.0 Å². The molecule has 16 heavy (non-hydrogen) atoms. The van der Waals surface area contributed by atoms with E-state index < -0.39 is 16.9 Å². The third-order valence-corrected chi connectivity index (χ3v) is 3.44. The SMILES string of the molecule is CCC(C)(O)OC(=O)OSC(O)(CC)CC. The summed E-state index contributed by atoms with van der Waals surface area (Å²) in [5, 5.41) is 19.2. The van der Waals surface area contributed by atoms with Gasteiger partial charge in [-0.05, 0) is 12.8 Å². The summed E-state index contributed by atoms with van der Waals surface area (Å²) in [5.41, 5.74) is 0. The van der Waals surface area contributed by atoms with E-state index in [9.17, 15) is 15.0 Å². The zero-order valence-electron chi connectivity index (χ0n) is 10.1. The van der Waals surface area contributed by atoms with Crippen molar-refractivity contribution in [2.45, 2.75) is 57.7 Å². The van der Waals surface area contributed by atoms with Crippen molar-refractivity contribution >= 4 is 18.2 Å². The van der Waals surface area contributed by atoms with Gasteiger partial charge in [0.1, 0.15) is 4.93 Å². The fraction of sp³-hybridized carbons (Fsp3) is 0.900. The molecule has 0 aromatic carbocycles. The van der Waals surface area contributed by atoms with Crippen molar-refractivity contribution in [3.63, 3.8) is 0 Å². The highest BCUT2D eigenvalue weighted by Gasteiger charge is 2.29. The molecule has 0 amide bonds. The van der Waals surface area contributed by atoms with Gasteiger partial charge in [-0.25, -0.2) is 4.79 Å². The smallest absolute Gasteiger partial charge is 0.401 e. The Morgan fingerprint density at radius 1 is 1.19 bits per heavy atom. The van der Waals surface area contributed by atoms with Crippen molar-refractivity contribution in [2.75, 3.05) is 0 Å². The molecule has 96 valence electrons. The van der Waals surface area contributed by atoms with Crippen LogP contribution in [0.25, 0.3) is 0 Å². The van der Waals surface area contributed by atoms with E-state index >= 15 is 0 Å². The van der Waals surface area contributed by atoms with E-state index in [1.807, 2.05) is 0 Å². The molecule has 5 nitrogen and oxygen atoms in total. The van der Waals surface area contributed by atoms with Gasteiger partial charge < -0.3 is 19.1 Å². The fourth-order valence-electron chi connectivity index (χ4n) is 0.748. The Balaban J connectivity index is 4.08. The predicted octanol–water partition coefficient (Wildman–Crippen LogP) is 2.41. The third-order valence-electron chi connectivity index (χ3n) is 2.33. The van der Waals surface area contributed by atoms with Crippen LogP contribution in [0.1, 0.15) is 47.0 Å². The molecule has 0 heterocycles. The van der Waals surface area contributed by atoms with Crippen LogP contribution in [-0.4, -0.2) is 27.1 Å². The summed E-state index contributed by atoms with van der Waals surface area (Å²) in [4.78, 5) is 10.1. The van der Waals surface area contributed by atoms with Gasteiger partial charge in [0.05, 0.1) is 12.0 Å². The molecule has 6 heteroatoms. The third kappa shape index (κ3) is 5.58. The number of carbonyl (C=O) groups excluding carboxylic acids is 1. The highest BCUT2D eigenvalue weighted by Crippen LogP contribution is 2.30. The lowest BCUT2D eigenvalue weighted by molar-refractivity contribution is -0.157. The molecule has 0 saturated heterocycles. The van der Waals surface area contributed by atoms with E-state index in [-0.39, 0.29) is 6.42 Å². The molecule has 2 N–H and O–H groups in total. The van der Waals surface area contributed by atoms with Crippen molar-refractivity contribution in [1.82, 2.24) is 0 Å². The average molecular weight is 252 g/mol. The van der Waals surface area contributed by atoms with Gasteiger partial charge in [-0.3, -0.25) is 0 Å². The van der Waals surface area contributed by atoms with E-state index in [0.29, 0.717) is 24.9 Å². The van der Waals surface area contributed by atoms with E-state index in [2.05, 4.69) is 8.92 Å². The highest BCUT2D eigenvalue weighted by molar-refractivity contribution is 7.96. The van der Waals surface area contributed by atoms with Gasteiger partial charge in [-0.1, -0.05) is 20.8 Å². The average Bonchev–Trinajstić information content (AvgIpc) is 2.25. The van der Waals surface area contributed by atoms with Gasteiger partial charge in [-0.15, -0.1) is 0 Å². The van der Waals surface area contributed by atoms with E-state index in [4.69, 9.17) is 0 Å². The molecule has 1 atom stereocenters. The maximum Gasteiger partial charge on any atom is 0.523 e. The Morgan fingerprint density at radius 3 is 2.06 bits per heavy atom. The minimum absolute atomic E-state index is 0.262. The first-order chi connectivity index (χ1) is 7.28. The Labute approximate surface area is 100 Å². The van der Waals surface area contributed by atoms with Crippen LogP contribution in [0.2, 0.25) is 0 Å². The molecule has 0 bridgehead atoms. The van der Waals surface area contributed by atoms with Gasteiger partial charge in [0, 0.05) is 13.3 Å². The number of carbonyl (C=O) groups is 1. The summed E-state index contributed by atoms with van der Waals surface area (Å²) in [6.45, 7) is 6.61. The molecule has 1 unspecified atom stereocenters. The summed E-state index contributed by atoms with van der Waals surface area (Å²) in [6.07, 6.45) is 0.160. The molecule has 0 aliphatic carbocycles. The summed E-state index contributed by atoms with van der Waals surface area (Å²) >= 11 is 0.653. The number of hydrogen-bond donors (Lipinski definition) is 2. The van der Waals surface area contributed by atoms with Crippen molar-refractivity contribution in [2.24, 2.45) is 0 Å². The van der Waals surface area contributed by atoms with Crippen LogP contribution in [0.3, 0.4) is 0 Å². The number of ether oxygens (including phenoxy) is 1. The standard InChI is InChI=1S/C10H20O5S/c1-5-9(4,12)14-8(11)15-16-10(13,6-2)7-3/h12-13H,5-7H2,1-4H3. The minimum Gasteiger partial charge on any atom is -0.401 e. The van der Waals surface area contributed by atoms with E-state index in [1.54, 1.807) is 20.8 Å². The van der Waals surface area contributed by atoms with Gasteiger partial charge >= 0.3 is 6.16 Å². The number of aliphatic hydroxyl groups is 2. The van der Waals surface area contributed by atoms with Crippen LogP contribution >= 0.6 is 12.0 Å². The second-order valence-electron chi connectivity index (χ2n) is 3.70. The second kappa shape index (κ2) is 6.32.